The predicted molar refractivity (Wildman–Crippen MR) is 73.6 cm³/mol. The van der Waals surface area contributed by atoms with Crippen molar-refractivity contribution in [3.05, 3.63) is 30.1 Å². The third-order valence-corrected chi connectivity index (χ3v) is 3.24. The molecule has 1 aliphatic heterocycles. The number of nitrogens with one attached hydrogen (secondary N) is 2. The molecule has 2 rings (SSSR count). The van der Waals surface area contributed by atoms with Gasteiger partial charge in [0.1, 0.15) is 5.82 Å². The summed E-state index contributed by atoms with van der Waals surface area (Å²) in [4.78, 5) is 14.0. The Hall–Kier alpha value is -1.46. The van der Waals surface area contributed by atoms with Crippen molar-refractivity contribution in [3.63, 3.8) is 0 Å². The predicted octanol–water partition coefficient (Wildman–Crippen LogP) is 1.45. The van der Waals surface area contributed by atoms with Gasteiger partial charge in [-0.1, -0.05) is 12.1 Å². The first-order valence-corrected chi connectivity index (χ1v) is 6.73. The lowest BCUT2D eigenvalue weighted by atomic mass is 10.3. The third-order valence-electron chi connectivity index (χ3n) is 3.24. The Morgan fingerprint density at radius 1 is 1.32 bits per heavy atom. The van der Waals surface area contributed by atoms with E-state index in [4.69, 9.17) is 0 Å². The lowest BCUT2D eigenvalue weighted by Gasteiger charge is -2.18. The number of nitrogens with zero attached hydrogens (tertiary/aromatic N) is 1. The summed E-state index contributed by atoms with van der Waals surface area (Å²) >= 11 is 0. The summed E-state index contributed by atoms with van der Waals surface area (Å²) in [5.74, 6) is -0.530. The number of amides is 1. The van der Waals surface area contributed by atoms with Crippen LogP contribution in [-0.4, -0.2) is 43.5 Å². The van der Waals surface area contributed by atoms with E-state index in [2.05, 4.69) is 15.5 Å². The van der Waals surface area contributed by atoms with Gasteiger partial charge >= 0.3 is 0 Å². The van der Waals surface area contributed by atoms with Gasteiger partial charge in [0.15, 0.2) is 0 Å². The third kappa shape index (κ3) is 4.61. The lowest BCUT2D eigenvalue weighted by Crippen LogP contribution is -2.31. The van der Waals surface area contributed by atoms with E-state index in [1.807, 2.05) is 0 Å². The number of halogens is 1. The van der Waals surface area contributed by atoms with Crippen LogP contribution < -0.4 is 10.6 Å². The maximum absolute atomic E-state index is 13.4. The van der Waals surface area contributed by atoms with Crippen molar-refractivity contribution >= 4 is 11.6 Å². The number of para-hydroxylation sites is 1. The van der Waals surface area contributed by atoms with Crippen LogP contribution in [0.1, 0.15) is 12.8 Å². The first-order valence-electron chi connectivity index (χ1n) is 6.73. The largest absolute Gasteiger partial charge is 0.324 e. The number of carbonyl (C=O) groups excluding carboxylic acids is 1. The van der Waals surface area contributed by atoms with Crippen molar-refractivity contribution in [1.29, 1.82) is 0 Å². The molecule has 0 radical (unpaired) electrons. The van der Waals surface area contributed by atoms with Crippen LogP contribution in [0, 0.1) is 5.82 Å². The van der Waals surface area contributed by atoms with Crippen molar-refractivity contribution < 1.29 is 9.18 Å². The molecule has 19 heavy (non-hydrogen) atoms. The summed E-state index contributed by atoms with van der Waals surface area (Å²) in [6, 6.07) is 6.23. The van der Waals surface area contributed by atoms with Gasteiger partial charge in [-0.05, 0) is 31.6 Å². The second-order valence-electron chi connectivity index (χ2n) is 4.72. The molecule has 1 fully saturated rings. The highest BCUT2D eigenvalue weighted by atomic mass is 19.1. The Balaban J connectivity index is 1.76. The molecule has 1 amide bonds. The van der Waals surface area contributed by atoms with Crippen LogP contribution in [0.25, 0.3) is 0 Å². The zero-order valence-electron chi connectivity index (χ0n) is 11.0. The van der Waals surface area contributed by atoms with E-state index < -0.39 is 5.82 Å². The van der Waals surface area contributed by atoms with Gasteiger partial charge in [0.05, 0.1) is 5.69 Å². The second kappa shape index (κ2) is 7.21. The Morgan fingerprint density at radius 2 is 2.16 bits per heavy atom. The van der Waals surface area contributed by atoms with E-state index >= 15 is 0 Å². The van der Waals surface area contributed by atoms with E-state index in [0.29, 0.717) is 6.42 Å². The molecule has 1 saturated heterocycles. The minimum Gasteiger partial charge on any atom is -0.324 e. The summed E-state index contributed by atoms with van der Waals surface area (Å²) in [6.07, 6.45) is 1.50. The van der Waals surface area contributed by atoms with Crippen LogP contribution in [-0.2, 0) is 4.79 Å². The highest BCUT2D eigenvalue weighted by molar-refractivity contribution is 5.90. The normalized spacial score (nSPS) is 16.9. The molecular weight excluding hydrogens is 245 g/mol. The molecule has 1 aromatic carbocycles. The molecule has 0 unspecified atom stereocenters. The van der Waals surface area contributed by atoms with Crippen molar-refractivity contribution in [2.75, 3.05) is 38.0 Å². The van der Waals surface area contributed by atoms with Gasteiger partial charge in [-0.2, -0.15) is 0 Å². The molecule has 0 atom stereocenters. The van der Waals surface area contributed by atoms with Gasteiger partial charge in [-0.25, -0.2) is 4.39 Å². The lowest BCUT2D eigenvalue weighted by molar-refractivity contribution is -0.116. The number of hydrogen-bond acceptors (Lipinski definition) is 3. The van der Waals surface area contributed by atoms with Crippen LogP contribution in [0.2, 0.25) is 0 Å². The SMILES string of the molecule is O=C(CCN1CCCNCC1)Nc1ccccc1F. The average Bonchev–Trinajstić information content (AvgIpc) is 2.68. The molecule has 0 aliphatic carbocycles. The molecule has 5 heteroatoms. The zero-order valence-corrected chi connectivity index (χ0v) is 11.0. The Morgan fingerprint density at radius 3 is 3.00 bits per heavy atom. The van der Waals surface area contributed by atoms with Gasteiger partial charge in [0.25, 0.3) is 0 Å². The fourth-order valence-electron chi connectivity index (χ4n) is 2.16. The van der Waals surface area contributed by atoms with E-state index in [1.165, 1.54) is 6.07 Å². The average molecular weight is 265 g/mol. The van der Waals surface area contributed by atoms with E-state index in [9.17, 15) is 9.18 Å². The number of rotatable bonds is 4. The van der Waals surface area contributed by atoms with Gasteiger partial charge in [-0.15, -0.1) is 0 Å². The number of carbonyl (C=O) groups is 1. The minimum atomic E-state index is -0.394. The smallest absolute Gasteiger partial charge is 0.225 e. The molecule has 0 aromatic heterocycles. The summed E-state index contributed by atoms with van der Waals surface area (Å²) in [6.45, 7) is 4.71. The molecule has 1 aliphatic rings. The molecule has 0 saturated carbocycles. The van der Waals surface area contributed by atoms with Crippen LogP contribution in [0.4, 0.5) is 10.1 Å². The van der Waals surface area contributed by atoms with Crippen LogP contribution >= 0.6 is 0 Å². The molecular formula is C14H20FN3O. The summed E-state index contributed by atoms with van der Waals surface area (Å²) < 4.78 is 13.4. The standard InChI is InChI=1S/C14H20FN3O/c15-12-4-1-2-5-13(12)17-14(19)6-10-18-9-3-7-16-8-11-18/h1-2,4-5,16H,3,6-11H2,(H,17,19). The van der Waals surface area contributed by atoms with E-state index in [1.54, 1.807) is 18.2 Å². The second-order valence-corrected chi connectivity index (χ2v) is 4.72. The molecule has 1 aromatic rings. The summed E-state index contributed by atoms with van der Waals surface area (Å²) in [5, 5.41) is 5.93. The molecule has 4 nitrogen and oxygen atoms in total. The van der Waals surface area contributed by atoms with Crippen molar-refractivity contribution in [2.24, 2.45) is 0 Å². The number of benzene rings is 1. The Labute approximate surface area is 113 Å². The number of hydrogen-bond donors (Lipinski definition) is 2. The topological polar surface area (TPSA) is 44.4 Å². The first kappa shape index (κ1) is 14.0. The quantitative estimate of drug-likeness (QED) is 0.866. The summed E-state index contributed by atoms with van der Waals surface area (Å²) in [7, 11) is 0. The zero-order chi connectivity index (χ0) is 13.5. The Bertz CT molecular complexity index is 417. The van der Waals surface area contributed by atoms with Crippen LogP contribution in [0.3, 0.4) is 0 Å². The summed E-state index contributed by atoms with van der Waals surface area (Å²) in [5.41, 5.74) is 0.255. The molecule has 0 spiro atoms. The Kier molecular flexibility index (Phi) is 5.30. The van der Waals surface area contributed by atoms with Gasteiger partial charge in [-0.3, -0.25) is 4.79 Å². The monoisotopic (exact) mass is 265 g/mol. The molecule has 0 bridgehead atoms. The van der Waals surface area contributed by atoms with Crippen molar-refractivity contribution in [1.82, 2.24) is 10.2 Å². The van der Waals surface area contributed by atoms with Gasteiger partial charge in [0, 0.05) is 26.1 Å². The molecule has 104 valence electrons. The fraction of sp³-hybridized carbons (Fsp3) is 0.500. The van der Waals surface area contributed by atoms with E-state index in [-0.39, 0.29) is 11.6 Å². The number of anilines is 1. The van der Waals surface area contributed by atoms with Crippen molar-refractivity contribution in [2.45, 2.75) is 12.8 Å². The van der Waals surface area contributed by atoms with Crippen LogP contribution in [0.5, 0.6) is 0 Å². The van der Waals surface area contributed by atoms with Gasteiger partial charge < -0.3 is 15.5 Å². The fourth-order valence-corrected chi connectivity index (χ4v) is 2.16. The highest BCUT2D eigenvalue weighted by Gasteiger charge is 2.11. The van der Waals surface area contributed by atoms with Gasteiger partial charge in [0.2, 0.25) is 5.91 Å². The first-order chi connectivity index (χ1) is 9.25. The minimum absolute atomic E-state index is 0.137. The maximum Gasteiger partial charge on any atom is 0.225 e. The van der Waals surface area contributed by atoms with E-state index in [0.717, 1.165) is 39.1 Å². The van der Waals surface area contributed by atoms with Crippen LogP contribution in [0.15, 0.2) is 24.3 Å². The highest BCUT2D eigenvalue weighted by Crippen LogP contribution is 2.12. The van der Waals surface area contributed by atoms with Crippen molar-refractivity contribution in [3.8, 4) is 0 Å². The molecule has 1 heterocycles. The maximum atomic E-state index is 13.4. The molecule has 2 N–H and O–H groups in total.